The Morgan fingerprint density at radius 2 is 1.55 bits per heavy atom. The first-order valence-electron chi connectivity index (χ1n) is 6.30. The van der Waals surface area contributed by atoms with Crippen LogP contribution in [0, 0.1) is 0 Å². The fraction of sp³-hybridized carbons (Fsp3) is 0.250. The van der Waals surface area contributed by atoms with Crippen LogP contribution in [-0.4, -0.2) is 19.3 Å². The van der Waals surface area contributed by atoms with E-state index in [1.807, 2.05) is 30.3 Å². The molecule has 0 spiro atoms. The lowest BCUT2D eigenvalue weighted by molar-refractivity contribution is 0.258. The summed E-state index contributed by atoms with van der Waals surface area (Å²) in [6.45, 7) is 0.346. The van der Waals surface area contributed by atoms with E-state index in [4.69, 9.17) is 14.2 Å². The van der Waals surface area contributed by atoms with Gasteiger partial charge in [-0.2, -0.15) is 0 Å². The molecule has 2 aromatic rings. The summed E-state index contributed by atoms with van der Waals surface area (Å²) in [7, 11) is 3.23. The predicted molar refractivity (Wildman–Crippen MR) is 76.2 cm³/mol. The van der Waals surface area contributed by atoms with Crippen LogP contribution >= 0.6 is 0 Å². The Hall–Kier alpha value is -2.20. The van der Waals surface area contributed by atoms with Crippen molar-refractivity contribution in [3.63, 3.8) is 0 Å². The Labute approximate surface area is 118 Å². The van der Waals surface area contributed by atoms with E-state index >= 15 is 0 Å². The second-order valence-electron chi connectivity index (χ2n) is 4.27. The molecule has 0 amide bonds. The van der Waals surface area contributed by atoms with Crippen molar-refractivity contribution >= 4 is 0 Å². The molecule has 1 N–H and O–H groups in total. The van der Waals surface area contributed by atoms with E-state index in [9.17, 15) is 5.11 Å². The van der Waals surface area contributed by atoms with Crippen LogP contribution in [0.5, 0.6) is 17.2 Å². The summed E-state index contributed by atoms with van der Waals surface area (Å²) < 4.78 is 16.0. The van der Waals surface area contributed by atoms with Gasteiger partial charge in [-0.25, -0.2) is 0 Å². The average Bonchev–Trinajstić information content (AvgIpc) is 2.53. The third-order valence-electron chi connectivity index (χ3n) is 2.99. The smallest absolute Gasteiger partial charge is 0.125 e. The van der Waals surface area contributed by atoms with Gasteiger partial charge in [0.15, 0.2) is 0 Å². The lowest BCUT2D eigenvalue weighted by Gasteiger charge is -2.12. The van der Waals surface area contributed by atoms with Gasteiger partial charge in [-0.15, -0.1) is 0 Å². The second-order valence-corrected chi connectivity index (χ2v) is 4.27. The number of methoxy groups -OCH3 is 2. The fourth-order valence-electron chi connectivity index (χ4n) is 1.83. The van der Waals surface area contributed by atoms with Crippen molar-refractivity contribution in [2.24, 2.45) is 0 Å². The topological polar surface area (TPSA) is 47.9 Å². The summed E-state index contributed by atoms with van der Waals surface area (Å²) in [6.07, 6.45) is 0. The molecule has 0 aliphatic rings. The van der Waals surface area contributed by atoms with Crippen molar-refractivity contribution in [2.45, 2.75) is 13.2 Å². The van der Waals surface area contributed by atoms with Crippen LogP contribution in [0.25, 0.3) is 0 Å². The van der Waals surface area contributed by atoms with Crippen LogP contribution in [0.4, 0.5) is 0 Å². The van der Waals surface area contributed by atoms with Crippen molar-refractivity contribution < 1.29 is 19.3 Å². The Morgan fingerprint density at radius 1 is 0.900 bits per heavy atom. The minimum absolute atomic E-state index is 0.0881. The molecular formula is C16H18O4. The number of hydrogen-bond acceptors (Lipinski definition) is 4. The Morgan fingerprint density at radius 3 is 2.15 bits per heavy atom. The maximum absolute atomic E-state index is 9.35. The quantitative estimate of drug-likeness (QED) is 0.880. The van der Waals surface area contributed by atoms with Gasteiger partial charge in [0.2, 0.25) is 0 Å². The van der Waals surface area contributed by atoms with Crippen molar-refractivity contribution in [2.75, 3.05) is 14.2 Å². The van der Waals surface area contributed by atoms with Gasteiger partial charge in [0.1, 0.15) is 23.9 Å². The Balaban J connectivity index is 2.05. The highest BCUT2D eigenvalue weighted by Gasteiger charge is 2.05. The molecule has 0 saturated heterocycles. The van der Waals surface area contributed by atoms with Crippen molar-refractivity contribution in [3.8, 4) is 17.2 Å². The zero-order valence-corrected chi connectivity index (χ0v) is 11.6. The molecule has 4 nitrogen and oxygen atoms in total. The number of rotatable bonds is 6. The third kappa shape index (κ3) is 3.42. The van der Waals surface area contributed by atoms with E-state index in [0.29, 0.717) is 23.7 Å². The zero-order chi connectivity index (χ0) is 14.4. The van der Waals surface area contributed by atoms with Crippen LogP contribution in [-0.2, 0) is 13.2 Å². The number of hydrogen-bond donors (Lipinski definition) is 1. The molecule has 2 rings (SSSR count). The molecule has 0 radical (unpaired) electrons. The van der Waals surface area contributed by atoms with Gasteiger partial charge in [-0.1, -0.05) is 12.1 Å². The largest absolute Gasteiger partial charge is 0.497 e. The molecule has 0 aromatic heterocycles. The molecule has 0 heterocycles. The lowest BCUT2D eigenvalue weighted by atomic mass is 10.2. The van der Waals surface area contributed by atoms with Gasteiger partial charge < -0.3 is 19.3 Å². The molecular weight excluding hydrogens is 256 g/mol. The number of aliphatic hydroxyl groups excluding tert-OH is 1. The van der Waals surface area contributed by atoms with Crippen LogP contribution in [0.2, 0.25) is 0 Å². The lowest BCUT2D eigenvalue weighted by Crippen LogP contribution is -1.99. The van der Waals surface area contributed by atoms with Crippen molar-refractivity contribution in [3.05, 3.63) is 53.6 Å². The molecule has 0 aliphatic heterocycles. The van der Waals surface area contributed by atoms with Gasteiger partial charge in [-0.05, 0) is 35.9 Å². The van der Waals surface area contributed by atoms with Gasteiger partial charge in [0.05, 0.1) is 20.8 Å². The number of aliphatic hydroxyl groups is 1. The van der Waals surface area contributed by atoms with Crippen molar-refractivity contribution in [1.82, 2.24) is 0 Å². The van der Waals surface area contributed by atoms with Crippen LogP contribution in [0.15, 0.2) is 42.5 Å². The second kappa shape index (κ2) is 6.82. The summed E-state index contributed by atoms with van der Waals surface area (Å²) in [5, 5.41) is 9.35. The molecule has 0 fully saturated rings. The van der Waals surface area contributed by atoms with Gasteiger partial charge in [0, 0.05) is 5.56 Å². The molecule has 0 aliphatic carbocycles. The summed E-state index contributed by atoms with van der Waals surface area (Å²) in [4.78, 5) is 0. The van der Waals surface area contributed by atoms with Gasteiger partial charge >= 0.3 is 0 Å². The molecule has 0 bridgehead atoms. The Bertz CT molecular complexity index is 549. The average molecular weight is 274 g/mol. The minimum atomic E-state index is -0.0881. The monoisotopic (exact) mass is 274 g/mol. The standard InChI is InChI=1S/C16H18O4/c1-18-14-5-3-12(4-6-14)11-20-16-8-7-15(19-2)9-13(16)10-17/h3-9,17H,10-11H2,1-2H3. The summed E-state index contributed by atoms with van der Waals surface area (Å²) in [5.41, 5.74) is 1.74. The number of ether oxygens (including phenoxy) is 3. The zero-order valence-electron chi connectivity index (χ0n) is 11.6. The van der Waals surface area contributed by atoms with E-state index in [1.165, 1.54) is 0 Å². The van der Waals surface area contributed by atoms with Crippen LogP contribution in [0.1, 0.15) is 11.1 Å². The maximum Gasteiger partial charge on any atom is 0.125 e. The summed E-state index contributed by atoms with van der Waals surface area (Å²) >= 11 is 0. The van der Waals surface area contributed by atoms with E-state index < -0.39 is 0 Å². The highest BCUT2D eigenvalue weighted by molar-refractivity contribution is 5.40. The van der Waals surface area contributed by atoms with Crippen molar-refractivity contribution in [1.29, 1.82) is 0 Å². The summed E-state index contributed by atoms with van der Waals surface area (Å²) in [6, 6.07) is 13.0. The highest BCUT2D eigenvalue weighted by Crippen LogP contribution is 2.25. The predicted octanol–water partition coefficient (Wildman–Crippen LogP) is 2.78. The molecule has 20 heavy (non-hydrogen) atoms. The highest BCUT2D eigenvalue weighted by atomic mass is 16.5. The first-order valence-corrected chi connectivity index (χ1v) is 6.30. The minimum Gasteiger partial charge on any atom is -0.497 e. The van der Waals surface area contributed by atoms with E-state index in [-0.39, 0.29) is 6.61 Å². The first kappa shape index (κ1) is 14.2. The molecule has 2 aromatic carbocycles. The fourth-order valence-corrected chi connectivity index (χ4v) is 1.83. The molecule has 0 saturated carbocycles. The molecule has 0 unspecified atom stereocenters. The van der Waals surface area contributed by atoms with Gasteiger partial charge in [-0.3, -0.25) is 0 Å². The number of benzene rings is 2. The summed E-state index contributed by atoms with van der Waals surface area (Å²) in [5.74, 6) is 2.17. The van der Waals surface area contributed by atoms with E-state index in [2.05, 4.69) is 0 Å². The molecule has 106 valence electrons. The maximum atomic E-state index is 9.35. The first-order chi connectivity index (χ1) is 9.76. The Kier molecular flexibility index (Phi) is 4.85. The van der Waals surface area contributed by atoms with Crippen LogP contribution in [0.3, 0.4) is 0 Å². The third-order valence-corrected chi connectivity index (χ3v) is 2.99. The van der Waals surface area contributed by atoms with E-state index in [1.54, 1.807) is 26.4 Å². The van der Waals surface area contributed by atoms with E-state index in [0.717, 1.165) is 11.3 Å². The normalized spacial score (nSPS) is 10.2. The SMILES string of the molecule is COc1ccc(COc2ccc(OC)cc2CO)cc1. The molecule has 4 heteroatoms. The van der Waals surface area contributed by atoms with Crippen LogP contribution < -0.4 is 14.2 Å². The molecule has 0 atom stereocenters. The van der Waals surface area contributed by atoms with Gasteiger partial charge in [0.25, 0.3) is 0 Å².